The Balaban J connectivity index is 1.39. The van der Waals surface area contributed by atoms with Crippen molar-refractivity contribution >= 4 is 22.9 Å². The van der Waals surface area contributed by atoms with E-state index < -0.39 is 11.8 Å². The van der Waals surface area contributed by atoms with Gasteiger partial charge in [0.15, 0.2) is 5.58 Å². The van der Waals surface area contributed by atoms with Gasteiger partial charge in [-0.25, -0.2) is 4.79 Å². The maximum Gasteiger partial charge on any atom is 0.420 e. The van der Waals surface area contributed by atoms with Crippen LogP contribution in [0.15, 0.2) is 63.8 Å². The van der Waals surface area contributed by atoms with Gasteiger partial charge >= 0.3 is 5.76 Å². The summed E-state index contributed by atoms with van der Waals surface area (Å²) < 4.78 is 12.7. The molecule has 32 heavy (non-hydrogen) atoms. The summed E-state index contributed by atoms with van der Waals surface area (Å²) in [5.74, 6) is -0.218. The van der Waals surface area contributed by atoms with Crippen molar-refractivity contribution in [1.29, 1.82) is 0 Å². The second-order valence-corrected chi connectivity index (χ2v) is 8.30. The molecule has 2 aliphatic heterocycles. The van der Waals surface area contributed by atoms with E-state index in [0.717, 1.165) is 12.8 Å². The van der Waals surface area contributed by atoms with Crippen LogP contribution >= 0.6 is 0 Å². The van der Waals surface area contributed by atoms with Gasteiger partial charge in [0.25, 0.3) is 0 Å². The number of oxazole rings is 1. The Labute approximate surface area is 185 Å². The zero-order valence-corrected chi connectivity index (χ0v) is 17.7. The average molecular weight is 435 g/mol. The van der Waals surface area contributed by atoms with Crippen LogP contribution in [0.3, 0.4) is 0 Å². The third-order valence-corrected chi connectivity index (χ3v) is 6.20. The molecule has 0 saturated carbocycles. The Bertz CT molecular complexity index is 1180. The van der Waals surface area contributed by atoms with Crippen LogP contribution in [0.5, 0.6) is 5.75 Å². The highest BCUT2D eigenvalue weighted by atomic mass is 16.5. The van der Waals surface area contributed by atoms with E-state index in [4.69, 9.17) is 9.15 Å². The highest BCUT2D eigenvalue weighted by molar-refractivity contribution is 5.89. The number of carbonyl (C=O) groups is 2. The minimum atomic E-state index is -0.594. The fourth-order valence-corrected chi connectivity index (χ4v) is 4.62. The molecule has 1 aromatic heterocycles. The van der Waals surface area contributed by atoms with Crippen LogP contribution < -0.4 is 10.5 Å². The molecule has 8 nitrogen and oxygen atoms in total. The number of amides is 2. The highest BCUT2D eigenvalue weighted by Gasteiger charge is 2.43. The molecule has 5 rings (SSSR count). The molecular weight excluding hydrogens is 410 g/mol. The van der Waals surface area contributed by atoms with Crippen LogP contribution in [0.4, 0.5) is 0 Å². The third kappa shape index (κ3) is 3.88. The van der Waals surface area contributed by atoms with E-state index in [1.54, 1.807) is 29.2 Å². The first-order valence-corrected chi connectivity index (χ1v) is 11.0. The molecule has 2 amide bonds. The highest BCUT2D eigenvalue weighted by Crippen LogP contribution is 2.26. The zero-order chi connectivity index (χ0) is 22.1. The smallest absolute Gasteiger partial charge is 0.420 e. The minimum Gasteiger partial charge on any atom is -0.488 e. The summed E-state index contributed by atoms with van der Waals surface area (Å²) in [6, 6.07) is 15.8. The van der Waals surface area contributed by atoms with Gasteiger partial charge in [-0.05, 0) is 37.1 Å². The van der Waals surface area contributed by atoms with Gasteiger partial charge in [-0.15, -0.1) is 0 Å². The second kappa shape index (κ2) is 8.53. The van der Waals surface area contributed by atoms with E-state index in [1.807, 2.05) is 35.2 Å². The van der Waals surface area contributed by atoms with E-state index >= 15 is 0 Å². The van der Waals surface area contributed by atoms with Crippen molar-refractivity contribution in [2.24, 2.45) is 0 Å². The molecule has 3 heterocycles. The number of rotatable bonds is 5. The number of carbonyl (C=O) groups excluding carboxylic acids is 2. The van der Waals surface area contributed by atoms with Crippen molar-refractivity contribution in [3.63, 3.8) is 0 Å². The van der Waals surface area contributed by atoms with E-state index in [-0.39, 0.29) is 24.5 Å². The maximum absolute atomic E-state index is 13.3. The van der Waals surface area contributed by atoms with Crippen molar-refractivity contribution in [2.75, 3.05) is 19.6 Å². The van der Waals surface area contributed by atoms with Gasteiger partial charge in [-0.1, -0.05) is 30.3 Å². The van der Waals surface area contributed by atoms with Crippen LogP contribution in [0.1, 0.15) is 19.3 Å². The summed E-state index contributed by atoms with van der Waals surface area (Å²) in [6.45, 7) is 1.54. The van der Waals surface area contributed by atoms with Crippen molar-refractivity contribution in [1.82, 2.24) is 14.4 Å². The van der Waals surface area contributed by atoms with Crippen LogP contribution in [0.25, 0.3) is 11.1 Å². The molecule has 2 saturated heterocycles. The molecule has 3 aromatic rings. The number of ether oxygens (including phenoxy) is 1. The molecule has 0 radical (unpaired) electrons. The SMILES string of the molecule is O=C([C@@H]1C[C@H](Oc2ccccc2)CN1C(=O)Cn1c(=O)oc2ccccc21)N1CCCC1. The van der Waals surface area contributed by atoms with Gasteiger partial charge in [0, 0.05) is 19.5 Å². The van der Waals surface area contributed by atoms with Crippen LogP contribution in [0.2, 0.25) is 0 Å². The van der Waals surface area contributed by atoms with Crippen molar-refractivity contribution < 1.29 is 18.7 Å². The van der Waals surface area contributed by atoms with Gasteiger partial charge in [0.1, 0.15) is 24.4 Å². The molecule has 0 bridgehead atoms. The third-order valence-electron chi connectivity index (χ3n) is 6.20. The molecule has 0 aliphatic carbocycles. The lowest BCUT2D eigenvalue weighted by atomic mass is 10.1. The quantitative estimate of drug-likeness (QED) is 0.614. The normalized spacial score (nSPS) is 20.8. The molecule has 0 N–H and O–H groups in total. The standard InChI is InChI=1S/C24H25N3O5/c28-22(16-27-19-10-4-5-11-21(19)32-24(27)30)26-15-18(31-17-8-2-1-3-9-17)14-20(26)23(29)25-12-6-7-13-25/h1-5,8-11,18,20H,6-7,12-16H2/t18-,20-/m0/s1. The van der Waals surface area contributed by atoms with E-state index in [9.17, 15) is 14.4 Å². The first-order valence-electron chi connectivity index (χ1n) is 11.0. The zero-order valence-electron chi connectivity index (χ0n) is 17.7. The summed E-state index contributed by atoms with van der Waals surface area (Å²) in [6.07, 6.45) is 2.09. The molecule has 8 heteroatoms. The van der Waals surface area contributed by atoms with Crippen LogP contribution in [-0.2, 0) is 16.1 Å². The van der Waals surface area contributed by atoms with E-state index in [1.165, 1.54) is 4.57 Å². The monoisotopic (exact) mass is 435 g/mol. The second-order valence-electron chi connectivity index (χ2n) is 8.30. The number of aromatic nitrogens is 1. The summed E-state index contributed by atoms with van der Waals surface area (Å²) in [5.41, 5.74) is 0.992. The first kappa shape index (κ1) is 20.4. The minimum absolute atomic E-state index is 0.0422. The Kier molecular flexibility index (Phi) is 5.43. The molecule has 166 valence electrons. The Morgan fingerprint density at radius 3 is 2.50 bits per heavy atom. The lowest BCUT2D eigenvalue weighted by Crippen LogP contribution is -2.48. The van der Waals surface area contributed by atoms with Crippen molar-refractivity contribution in [3.8, 4) is 5.75 Å². The summed E-state index contributed by atoms with van der Waals surface area (Å²) in [5, 5.41) is 0. The number of likely N-dealkylation sites (tertiary alicyclic amines) is 2. The first-order chi connectivity index (χ1) is 15.6. The predicted molar refractivity (Wildman–Crippen MR) is 117 cm³/mol. The van der Waals surface area contributed by atoms with E-state index in [0.29, 0.717) is 42.9 Å². The molecule has 0 spiro atoms. The van der Waals surface area contributed by atoms with Gasteiger partial charge < -0.3 is 19.0 Å². The summed E-state index contributed by atoms with van der Waals surface area (Å²) >= 11 is 0. The van der Waals surface area contributed by atoms with Gasteiger partial charge in [-0.3, -0.25) is 14.2 Å². The molecule has 2 atom stereocenters. The lowest BCUT2D eigenvalue weighted by molar-refractivity contribution is -0.143. The van der Waals surface area contributed by atoms with Crippen LogP contribution in [-0.4, -0.2) is 58.0 Å². The molecular formula is C24H25N3O5. The average Bonchev–Trinajstić information content (AvgIpc) is 3.54. The Hall–Kier alpha value is -3.55. The number of hydrogen-bond acceptors (Lipinski definition) is 5. The van der Waals surface area contributed by atoms with Crippen molar-refractivity contribution in [2.45, 2.75) is 38.0 Å². The van der Waals surface area contributed by atoms with Crippen molar-refractivity contribution in [3.05, 3.63) is 65.1 Å². The topological polar surface area (TPSA) is 85.0 Å². The summed E-state index contributed by atoms with van der Waals surface area (Å²) in [4.78, 5) is 42.3. The predicted octanol–water partition coefficient (Wildman–Crippen LogP) is 2.27. The van der Waals surface area contributed by atoms with Gasteiger partial charge in [-0.2, -0.15) is 0 Å². The fraction of sp³-hybridized carbons (Fsp3) is 0.375. The maximum atomic E-state index is 13.3. The molecule has 0 unspecified atom stereocenters. The lowest BCUT2D eigenvalue weighted by Gasteiger charge is -2.27. The van der Waals surface area contributed by atoms with E-state index in [2.05, 4.69) is 0 Å². The summed E-state index contributed by atoms with van der Waals surface area (Å²) in [7, 11) is 0. The molecule has 2 aromatic carbocycles. The van der Waals surface area contributed by atoms with Crippen LogP contribution in [0, 0.1) is 0 Å². The van der Waals surface area contributed by atoms with Gasteiger partial charge in [0.05, 0.1) is 12.1 Å². The number of benzene rings is 2. The Morgan fingerprint density at radius 2 is 1.72 bits per heavy atom. The number of para-hydroxylation sites is 3. The largest absolute Gasteiger partial charge is 0.488 e. The van der Waals surface area contributed by atoms with Gasteiger partial charge in [0.2, 0.25) is 11.8 Å². The number of nitrogens with zero attached hydrogens (tertiary/aromatic N) is 3. The fourth-order valence-electron chi connectivity index (χ4n) is 4.62. The Morgan fingerprint density at radius 1 is 1.00 bits per heavy atom. The molecule has 2 fully saturated rings. The number of fused-ring (bicyclic) bond motifs is 1. The molecule has 2 aliphatic rings. The number of hydrogen-bond donors (Lipinski definition) is 0.